The van der Waals surface area contributed by atoms with Gasteiger partial charge in [-0.2, -0.15) is 0 Å². The molecule has 2 aromatic carbocycles. The summed E-state index contributed by atoms with van der Waals surface area (Å²) in [6.07, 6.45) is 2.51. The lowest BCUT2D eigenvalue weighted by Crippen LogP contribution is -2.13. The highest BCUT2D eigenvalue weighted by Gasteiger charge is 2.18. The summed E-state index contributed by atoms with van der Waals surface area (Å²) in [6.45, 7) is 0.121. The molecule has 0 aliphatic carbocycles. The quantitative estimate of drug-likeness (QED) is 0.637. The van der Waals surface area contributed by atoms with Crippen molar-refractivity contribution < 1.29 is 17.6 Å². The van der Waals surface area contributed by atoms with Crippen LogP contribution in [0.15, 0.2) is 68.9 Å². The van der Waals surface area contributed by atoms with Crippen molar-refractivity contribution in [3.05, 3.63) is 75.6 Å². The third-order valence-electron chi connectivity index (χ3n) is 4.04. The zero-order valence-electron chi connectivity index (χ0n) is 14.7. The minimum Gasteiger partial charge on any atom is -0.463 e. The average Bonchev–Trinajstić information content (AvgIpc) is 2.64. The molecule has 3 aromatic rings. The predicted molar refractivity (Wildman–Crippen MR) is 105 cm³/mol. The van der Waals surface area contributed by atoms with Crippen molar-refractivity contribution in [3.63, 3.8) is 0 Å². The molecule has 5 nitrogen and oxygen atoms in total. The fourth-order valence-corrected chi connectivity index (χ4v) is 3.46. The molecule has 0 atom stereocenters. The van der Waals surface area contributed by atoms with E-state index >= 15 is 0 Å². The highest BCUT2D eigenvalue weighted by molar-refractivity contribution is 7.90. The fourth-order valence-electron chi connectivity index (χ4n) is 2.71. The minimum absolute atomic E-state index is 0.121. The summed E-state index contributed by atoms with van der Waals surface area (Å²) in [5.41, 5.74) is 1.78. The molecule has 3 rings (SSSR count). The molecule has 1 aromatic heterocycles. The van der Waals surface area contributed by atoms with Crippen LogP contribution in [0.2, 0.25) is 5.02 Å². The van der Waals surface area contributed by atoms with Gasteiger partial charge in [-0.15, -0.1) is 0 Å². The average molecular weight is 405 g/mol. The summed E-state index contributed by atoms with van der Waals surface area (Å²) >= 11 is 5.96. The van der Waals surface area contributed by atoms with Gasteiger partial charge < -0.3 is 9.15 Å². The van der Waals surface area contributed by atoms with Gasteiger partial charge in [0.1, 0.15) is 12.0 Å². The monoisotopic (exact) mass is 404 g/mol. The van der Waals surface area contributed by atoms with E-state index in [4.69, 9.17) is 20.8 Å². The van der Waals surface area contributed by atoms with Crippen LogP contribution >= 0.6 is 11.6 Å². The maximum absolute atomic E-state index is 13.0. The first-order valence-corrected chi connectivity index (χ1v) is 10.3. The van der Waals surface area contributed by atoms with Crippen LogP contribution in [0.1, 0.15) is 5.56 Å². The van der Waals surface area contributed by atoms with Crippen LogP contribution in [0, 0.1) is 0 Å². The number of methoxy groups -OCH3 is 1. The van der Waals surface area contributed by atoms with Crippen molar-refractivity contribution in [3.8, 4) is 22.5 Å². The lowest BCUT2D eigenvalue weighted by molar-refractivity contribution is 0.182. The van der Waals surface area contributed by atoms with Gasteiger partial charge >= 0.3 is 0 Å². The van der Waals surface area contributed by atoms with Crippen molar-refractivity contribution in [1.29, 1.82) is 0 Å². The van der Waals surface area contributed by atoms with E-state index in [9.17, 15) is 13.2 Å². The van der Waals surface area contributed by atoms with E-state index in [-0.39, 0.29) is 16.9 Å². The van der Waals surface area contributed by atoms with Crippen LogP contribution in [-0.4, -0.2) is 21.8 Å². The van der Waals surface area contributed by atoms with E-state index in [2.05, 4.69) is 0 Å². The zero-order chi connectivity index (χ0) is 19.6. The second-order valence-corrected chi connectivity index (χ2v) is 8.48. The fraction of sp³-hybridized carbons (Fsp3) is 0.150. The van der Waals surface area contributed by atoms with E-state index in [1.54, 1.807) is 36.4 Å². The summed E-state index contributed by atoms with van der Waals surface area (Å²) in [6, 6.07) is 13.1. The molecular weight excluding hydrogens is 388 g/mol. The minimum atomic E-state index is -3.31. The maximum Gasteiger partial charge on any atom is 0.198 e. The van der Waals surface area contributed by atoms with Gasteiger partial charge in [0.2, 0.25) is 0 Å². The number of hydrogen-bond acceptors (Lipinski definition) is 5. The molecule has 140 valence electrons. The molecule has 0 aliphatic heterocycles. The Morgan fingerprint density at radius 1 is 1.00 bits per heavy atom. The normalized spacial score (nSPS) is 11.5. The van der Waals surface area contributed by atoms with E-state index < -0.39 is 9.84 Å². The smallest absolute Gasteiger partial charge is 0.198 e. The Labute approximate surface area is 162 Å². The predicted octanol–water partition coefficient (Wildman–Crippen LogP) is 4.18. The first kappa shape index (κ1) is 19.4. The largest absolute Gasteiger partial charge is 0.463 e. The van der Waals surface area contributed by atoms with E-state index in [1.165, 1.54) is 25.5 Å². The molecule has 0 spiro atoms. The molecule has 0 fully saturated rings. The van der Waals surface area contributed by atoms with Gasteiger partial charge in [0.05, 0.1) is 22.6 Å². The number of hydrogen-bond donors (Lipinski definition) is 0. The number of sulfone groups is 1. The Morgan fingerprint density at radius 3 is 2.15 bits per heavy atom. The maximum atomic E-state index is 13.0. The van der Waals surface area contributed by atoms with Gasteiger partial charge in [0.15, 0.2) is 15.3 Å². The molecule has 0 saturated heterocycles. The van der Waals surface area contributed by atoms with Crippen LogP contribution in [0.25, 0.3) is 22.5 Å². The Balaban J connectivity index is 2.22. The molecule has 0 unspecified atom stereocenters. The van der Waals surface area contributed by atoms with Crippen molar-refractivity contribution in [2.75, 3.05) is 13.4 Å². The van der Waals surface area contributed by atoms with Crippen LogP contribution in [0.4, 0.5) is 0 Å². The molecule has 1 heterocycles. The molecule has 0 bridgehead atoms. The second kappa shape index (κ2) is 7.68. The lowest BCUT2D eigenvalue weighted by atomic mass is 9.99. The summed E-state index contributed by atoms with van der Waals surface area (Å²) in [5, 5.41) is 0.551. The standard InChI is InChI=1S/C20H17ClO5S/c1-25-11-15-12-26-20(14-5-9-17(10-6-14)27(2,23)24)18(19(15)22)13-3-7-16(21)8-4-13/h3-10,12H,11H2,1-2H3. The van der Waals surface area contributed by atoms with E-state index in [1.807, 2.05) is 0 Å². The molecule has 0 N–H and O–H groups in total. The van der Waals surface area contributed by atoms with Crippen LogP contribution in [0.3, 0.4) is 0 Å². The number of benzene rings is 2. The third kappa shape index (κ3) is 4.13. The second-order valence-electron chi connectivity index (χ2n) is 6.03. The Morgan fingerprint density at radius 2 is 1.59 bits per heavy atom. The van der Waals surface area contributed by atoms with Gasteiger partial charge in [0.25, 0.3) is 0 Å². The Bertz CT molecular complexity index is 1110. The Kier molecular flexibility index (Phi) is 5.51. The van der Waals surface area contributed by atoms with E-state index in [0.29, 0.717) is 33.0 Å². The lowest BCUT2D eigenvalue weighted by Gasteiger charge is -2.11. The number of ether oxygens (including phenoxy) is 1. The summed E-state index contributed by atoms with van der Waals surface area (Å²) in [5.74, 6) is 0.349. The molecule has 0 saturated carbocycles. The highest BCUT2D eigenvalue weighted by atomic mass is 35.5. The molecule has 7 heteroatoms. The molecule has 0 radical (unpaired) electrons. The van der Waals surface area contributed by atoms with Gasteiger partial charge in [-0.05, 0) is 42.0 Å². The van der Waals surface area contributed by atoms with Gasteiger partial charge in [0, 0.05) is 24.0 Å². The molecule has 27 heavy (non-hydrogen) atoms. The summed E-state index contributed by atoms with van der Waals surface area (Å²) < 4.78 is 34.2. The van der Waals surface area contributed by atoms with Crippen LogP contribution in [0.5, 0.6) is 0 Å². The van der Waals surface area contributed by atoms with Crippen molar-refractivity contribution in [2.24, 2.45) is 0 Å². The third-order valence-corrected chi connectivity index (χ3v) is 5.42. The van der Waals surface area contributed by atoms with Crippen LogP contribution < -0.4 is 5.43 Å². The molecule has 0 aliphatic rings. The van der Waals surface area contributed by atoms with Crippen LogP contribution in [-0.2, 0) is 21.2 Å². The SMILES string of the molecule is COCc1coc(-c2ccc(S(C)(=O)=O)cc2)c(-c2ccc(Cl)cc2)c1=O. The van der Waals surface area contributed by atoms with Crippen molar-refractivity contribution >= 4 is 21.4 Å². The zero-order valence-corrected chi connectivity index (χ0v) is 16.3. The van der Waals surface area contributed by atoms with Crippen molar-refractivity contribution in [1.82, 2.24) is 0 Å². The van der Waals surface area contributed by atoms with E-state index in [0.717, 1.165) is 6.26 Å². The highest BCUT2D eigenvalue weighted by Crippen LogP contribution is 2.31. The van der Waals surface area contributed by atoms with Gasteiger partial charge in [-0.1, -0.05) is 23.7 Å². The van der Waals surface area contributed by atoms with Gasteiger partial charge in [-0.3, -0.25) is 4.79 Å². The summed E-state index contributed by atoms with van der Waals surface area (Å²) in [7, 11) is -1.82. The molecule has 0 amide bonds. The van der Waals surface area contributed by atoms with Crippen molar-refractivity contribution in [2.45, 2.75) is 11.5 Å². The molecular formula is C20H17ClO5S. The van der Waals surface area contributed by atoms with Gasteiger partial charge in [-0.25, -0.2) is 8.42 Å². The first-order valence-electron chi connectivity index (χ1n) is 8.01. The Hall–Kier alpha value is -2.41. The number of halogens is 1. The number of rotatable bonds is 5. The first-order chi connectivity index (χ1) is 12.8. The summed E-state index contributed by atoms with van der Waals surface area (Å²) in [4.78, 5) is 13.2. The topological polar surface area (TPSA) is 73.6 Å².